The number of H-pyrrole nitrogens is 1. The lowest BCUT2D eigenvalue weighted by atomic mass is 9.85. The summed E-state index contributed by atoms with van der Waals surface area (Å²) in [5.74, 6) is 0.181. The summed E-state index contributed by atoms with van der Waals surface area (Å²) in [7, 11) is 0. The molecule has 0 unspecified atom stereocenters. The Balaban J connectivity index is 1.60. The summed E-state index contributed by atoms with van der Waals surface area (Å²) in [6, 6.07) is -0.576. The van der Waals surface area contributed by atoms with Gasteiger partial charge in [-0.2, -0.15) is 0 Å². The number of amides is 2. The van der Waals surface area contributed by atoms with Gasteiger partial charge in [-0.25, -0.2) is 9.97 Å². The third-order valence-corrected chi connectivity index (χ3v) is 5.45. The van der Waals surface area contributed by atoms with Crippen molar-refractivity contribution in [2.45, 2.75) is 58.4 Å². The number of carbonyl (C=O) groups is 2. The molecule has 27 heavy (non-hydrogen) atoms. The second-order valence-corrected chi connectivity index (χ2v) is 8.77. The summed E-state index contributed by atoms with van der Waals surface area (Å²) < 4.78 is 0. The zero-order valence-electron chi connectivity index (χ0n) is 16.2. The fourth-order valence-electron chi connectivity index (χ4n) is 3.63. The number of hydrogen-bond donors (Lipinski definition) is 2. The summed E-state index contributed by atoms with van der Waals surface area (Å²) >= 11 is 0. The van der Waals surface area contributed by atoms with Gasteiger partial charge in [-0.05, 0) is 31.1 Å². The number of rotatable bonds is 4. The molecule has 0 radical (unpaired) electrons. The van der Waals surface area contributed by atoms with E-state index in [0.29, 0.717) is 22.6 Å². The second-order valence-electron chi connectivity index (χ2n) is 8.77. The minimum absolute atomic E-state index is 0.00190. The number of aromatic amines is 1. The molecular weight excluding hydrogens is 342 g/mol. The van der Waals surface area contributed by atoms with E-state index in [-0.39, 0.29) is 17.2 Å². The van der Waals surface area contributed by atoms with Crippen LogP contribution in [-0.4, -0.2) is 50.8 Å². The Kier molecular flexibility index (Phi) is 4.40. The molecule has 0 aromatic carbocycles. The normalized spacial score (nSPS) is 18.7. The molecule has 144 valence electrons. The minimum Gasteiger partial charge on any atom is -0.344 e. The minimum atomic E-state index is -0.576. The van der Waals surface area contributed by atoms with Gasteiger partial charge in [-0.15, -0.1) is 0 Å². The van der Waals surface area contributed by atoms with E-state index in [2.05, 4.69) is 20.3 Å². The quantitative estimate of drug-likeness (QED) is 0.867. The number of aromatic nitrogens is 3. The van der Waals surface area contributed by atoms with Crippen molar-refractivity contribution in [2.75, 3.05) is 13.1 Å². The number of nitrogens with zero attached hydrogens (tertiary/aromatic N) is 3. The van der Waals surface area contributed by atoms with Gasteiger partial charge in [-0.3, -0.25) is 9.59 Å². The van der Waals surface area contributed by atoms with Gasteiger partial charge in [0.15, 0.2) is 5.65 Å². The van der Waals surface area contributed by atoms with Crippen LogP contribution in [0.1, 0.15) is 68.4 Å². The van der Waals surface area contributed by atoms with E-state index in [9.17, 15) is 9.59 Å². The van der Waals surface area contributed by atoms with E-state index in [4.69, 9.17) is 0 Å². The first kappa shape index (κ1) is 17.9. The molecule has 2 amide bonds. The SMILES string of the molecule is CC(C)(C)[C@@H](NC(=O)c1c[nH]c2ncc(C3CC3)nc12)C(=O)N1CCCC1. The monoisotopic (exact) mass is 369 g/mol. The Hall–Kier alpha value is -2.44. The van der Waals surface area contributed by atoms with E-state index >= 15 is 0 Å². The first-order chi connectivity index (χ1) is 12.8. The molecule has 7 nitrogen and oxygen atoms in total. The standard InChI is InChI=1S/C20H27N5O2/c1-20(2,3)16(19(27)25-8-4-5-9-25)24-18(26)13-10-21-17-15(13)23-14(11-22-17)12-6-7-12/h10-12,16H,4-9H2,1-3H3,(H,21,22)(H,24,26)/t16-/m0/s1. The van der Waals surface area contributed by atoms with Crippen molar-refractivity contribution >= 4 is 23.0 Å². The zero-order chi connectivity index (χ0) is 19.2. The predicted molar refractivity (Wildman–Crippen MR) is 102 cm³/mol. The molecule has 0 spiro atoms. The first-order valence-electron chi connectivity index (χ1n) is 9.78. The molecule has 1 atom stereocenters. The third kappa shape index (κ3) is 3.55. The van der Waals surface area contributed by atoms with Crippen molar-refractivity contribution in [2.24, 2.45) is 5.41 Å². The van der Waals surface area contributed by atoms with Crippen LogP contribution in [0.4, 0.5) is 0 Å². The number of hydrogen-bond acceptors (Lipinski definition) is 4. The number of carbonyl (C=O) groups excluding carboxylic acids is 2. The van der Waals surface area contributed by atoms with E-state index in [1.54, 1.807) is 12.4 Å². The highest BCUT2D eigenvalue weighted by atomic mass is 16.2. The molecule has 2 aromatic rings. The van der Waals surface area contributed by atoms with Crippen molar-refractivity contribution in [3.63, 3.8) is 0 Å². The maximum absolute atomic E-state index is 13.0. The van der Waals surface area contributed by atoms with Crippen LogP contribution in [-0.2, 0) is 4.79 Å². The van der Waals surface area contributed by atoms with Crippen LogP contribution in [0.25, 0.3) is 11.2 Å². The van der Waals surface area contributed by atoms with Crippen LogP contribution < -0.4 is 5.32 Å². The number of nitrogens with one attached hydrogen (secondary N) is 2. The van der Waals surface area contributed by atoms with Gasteiger partial charge >= 0.3 is 0 Å². The Morgan fingerprint density at radius 2 is 1.96 bits per heavy atom. The molecule has 1 saturated heterocycles. The van der Waals surface area contributed by atoms with Gasteiger partial charge in [0.25, 0.3) is 5.91 Å². The molecule has 2 fully saturated rings. The van der Waals surface area contributed by atoms with Crippen LogP contribution in [0.3, 0.4) is 0 Å². The fraction of sp³-hybridized carbons (Fsp3) is 0.600. The smallest absolute Gasteiger partial charge is 0.255 e. The van der Waals surface area contributed by atoms with Crippen LogP contribution >= 0.6 is 0 Å². The lowest BCUT2D eigenvalue weighted by molar-refractivity contribution is -0.134. The molecule has 0 bridgehead atoms. The highest BCUT2D eigenvalue weighted by Crippen LogP contribution is 2.39. The Bertz CT molecular complexity index is 872. The van der Waals surface area contributed by atoms with E-state index < -0.39 is 6.04 Å². The van der Waals surface area contributed by atoms with Gasteiger partial charge in [0.05, 0.1) is 17.5 Å². The second kappa shape index (κ2) is 6.62. The van der Waals surface area contributed by atoms with Gasteiger partial charge in [0.1, 0.15) is 11.6 Å². The molecule has 3 heterocycles. The third-order valence-electron chi connectivity index (χ3n) is 5.45. The summed E-state index contributed by atoms with van der Waals surface area (Å²) in [4.78, 5) is 39.9. The van der Waals surface area contributed by atoms with E-state index in [0.717, 1.165) is 44.5 Å². The average Bonchev–Trinajstić information content (AvgIpc) is 3.16. The zero-order valence-corrected chi connectivity index (χ0v) is 16.2. The summed E-state index contributed by atoms with van der Waals surface area (Å²) in [5, 5.41) is 2.97. The average molecular weight is 369 g/mol. The van der Waals surface area contributed by atoms with Crippen LogP contribution in [0.5, 0.6) is 0 Å². The van der Waals surface area contributed by atoms with Gasteiger partial charge in [0, 0.05) is 25.2 Å². The fourth-order valence-corrected chi connectivity index (χ4v) is 3.63. The van der Waals surface area contributed by atoms with E-state index in [1.807, 2.05) is 25.7 Å². The maximum atomic E-state index is 13.0. The molecule has 1 saturated carbocycles. The van der Waals surface area contributed by atoms with Gasteiger partial charge < -0.3 is 15.2 Å². The molecule has 2 N–H and O–H groups in total. The molecular formula is C20H27N5O2. The summed E-state index contributed by atoms with van der Waals surface area (Å²) in [5.41, 5.74) is 2.19. The number of fused-ring (bicyclic) bond motifs is 1. The van der Waals surface area contributed by atoms with Gasteiger partial charge in [0.2, 0.25) is 5.91 Å². The highest BCUT2D eigenvalue weighted by Gasteiger charge is 2.37. The topological polar surface area (TPSA) is 91.0 Å². The lowest BCUT2D eigenvalue weighted by Crippen LogP contribution is -2.54. The van der Waals surface area contributed by atoms with Crippen molar-refractivity contribution < 1.29 is 9.59 Å². The molecule has 2 aromatic heterocycles. The molecule has 7 heteroatoms. The Morgan fingerprint density at radius 3 is 2.59 bits per heavy atom. The van der Waals surface area contributed by atoms with Crippen molar-refractivity contribution in [3.8, 4) is 0 Å². The number of likely N-dealkylation sites (tertiary alicyclic amines) is 1. The molecule has 1 aliphatic heterocycles. The van der Waals surface area contributed by atoms with Crippen molar-refractivity contribution in [3.05, 3.63) is 23.7 Å². The predicted octanol–water partition coefficient (Wildman–Crippen LogP) is 2.60. The first-order valence-corrected chi connectivity index (χ1v) is 9.78. The Labute approximate surface area is 158 Å². The summed E-state index contributed by atoms with van der Waals surface area (Å²) in [6.45, 7) is 7.47. The van der Waals surface area contributed by atoms with Gasteiger partial charge in [-0.1, -0.05) is 20.8 Å². The van der Waals surface area contributed by atoms with E-state index in [1.165, 1.54) is 0 Å². The summed E-state index contributed by atoms with van der Waals surface area (Å²) in [6.07, 6.45) is 7.73. The van der Waals surface area contributed by atoms with Crippen LogP contribution in [0.2, 0.25) is 0 Å². The molecule has 2 aliphatic rings. The molecule has 1 aliphatic carbocycles. The van der Waals surface area contributed by atoms with Crippen molar-refractivity contribution in [1.29, 1.82) is 0 Å². The highest BCUT2D eigenvalue weighted by molar-refractivity contribution is 6.06. The van der Waals surface area contributed by atoms with Crippen LogP contribution in [0.15, 0.2) is 12.4 Å². The van der Waals surface area contributed by atoms with Crippen molar-refractivity contribution in [1.82, 2.24) is 25.2 Å². The Morgan fingerprint density at radius 1 is 1.26 bits per heavy atom. The molecule has 4 rings (SSSR count). The lowest BCUT2D eigenvalue weighted by Gasteiger charge is -2.33. The largest absolute Gasteiger partial charge is 0.344 e. The van der Waals surface area contributed by atoms with Crippen LogP contribution in [0, 0.1) is 5.41 Å². The maximum Gasteiger partial charge on any atom is 0.255 e.